The van der Waals surface area contributed by atoms with Gasteiger partial charge in [0.05, 0.1) is 13.2 Å². The third-order valence-electron chi connectivity index (χ3n) is 1.13. The van der Waals surface area contributed by atoms with Crippen molar-refractivity contribution in [3.05, 3.63) is 12.7 Å². The van der Waals surface area contributed by atoms with Crippen molar-refractivity contribution in [2.75, 3.05) is 20.3 Å². The minimum atomic E-state index is -0.271. The summed E-state index contributed by atoms with van der Waals surface area (Å²) in [6.07, 6.45) is 3.03. The molecule has 10 heavy (non-hydrogen) atoms. The zero-order chi connectivity index (χ0) is 7.66. The normalized spacial score (nSPS) is 10.9. The highest BCUT2D eigenvalue weighted by atomic mass is 28.2. The smallest absolute Gasteiger partial charge is 0.161 e. The van der Waals surface area contributed by atoms with Gasteiger partial charge >= 0.3 is 0 Å². The predicted octanol–water partition coefficient (Wildman–Crippen LogP) is 0.728. The number of rotatable bonds is 7. The summed E-state index contributed by atoms with van der Waals surface area (Å²) in [7, 11) is 1.42. The molecule has 0 aliphatic carbocycles. The fourth-order valence-electron chi connectivity index (χ4n) is 0.574. The van der Waals surface area contributed by atoms with Gasteiger partial charge in [0.15, 0.2) is 9.76 Å². The lowest BCUT2D eigenvalue weighted by Gasteiger charge is -2.00. The van der Waals surface area contributed by atoms with E-state index in [0.29, 0.717) is 0 Å². The van der Waals surface area contributed by atoms with Gasteiger partial charge in [0, 0.05) is 7.11 Å². The topological polar surface area (TPSA) is 18.5 Å². The van der Waals surface area contributed by atoms with Gasteiger partial charge in [0.2, 0.25) is 0 Å². The molecule has 60 valence electrons. The Morgan fingerprint density at radius 1 is 1.50 bits per heavy atom. The Kier molecular flexibility index (Phi) is 8.77. The molecule has 0 N–H and O–H groups in total. The van der Waals surface area contributed by atoms with Crippen LogP contribution in [-0.4, -0.2) is 30.1 Å². The molecule has 0 radical (unpaired) electrons. The summed E-state index contributed by atoms with van der Waals surface area (Å²) < 4.78 is 10.2. The Hall–Kier alpha value is -0.123. The molecule has 0 fully saturated rings. The van der Waals surface area contributed by atoms with Gasteiger partial charge in [0.1, 0.15) is 0 Å². The lowest BCUT2D eigenvalue weighted by Crippen LogP contribution is -2.04. The van der Waals surface area contributed by atoms with Crippen molar-refractivity contribution in [1.29, 1.82) is 0 Å². The van der Waals surface area contributed by atoms with Crippen molar-refractivity contribution in [1.82, 2.24) is 0 Å². The van der Waals surface area contributed by atoms with E-state index in [1.165, 1.54) is 6.04 Å². The Morgan fingerprint density at radius 3 is 2.90 bits per heavy atom. The van der Waals surface area contributed by atoms with Crippen LogP contribution in [0.25, 0.3) is 0 Å². The molecular formula is C7H16O2Si. The van der Waals surface area contributed by atoms with Gasteiger partial charge < -0.3 is 9.16 Å². The molecule has 0 aromatic rings. The van der Waals surface area contributed by atoms with E-state index in [1.807, 2.05) is 6.08 Å². The largest absolute Gasteiger partial charge is 0.422 e. The SMILES string of the molecule is C=CCC[SiH2]OCCOC. The van der Waals surface area contributed by atoms with Gasteiger partial charge in [0.25, 0.3) is 0 Å². The monoisotopic (exact) mass is 160 g/mol. The van der Waals surface area contributed by atoms with Crippen molar-refractivity contribution in [2.24, 2.45) is 0 Å². The van der Waals surface area contributed by atoms with E-state index in [0.717, 1.165) is 19.6 Å². The van der Waals surface area contributed by atoms with E-state index in [9.17, 15) is 0 Å². The van der Waals surface area contributed by atoms with Crippen molar-refractivity contribution in [3.8, 4) is 0 Å². The molecule has 0 spiro atoms. The molecule has 3 heteroatoms. The zero-order valence-corrected chi connectivity index (χ0v) is 8.05. The Bertz CT molecular complexity index is 76.0. The summed E-state index contributed by atoms with van der Waals surface area (Å²) in [5.74, 6) is 0. The molecule has 0 saturated heterocycles. The van der Waals surface area contributed by atoms with Gasteiger partial charge in [-0.15, -0.1) is 6.58 Å². The maximum absolute atomic E-state index is 5.34. The van der Waals surface area contributed by atoms with E-state index in [-0.39, 0.29) is 9.76 Å². The van der Waals surface area contributed by atoms with Crippen LogP contribution < -0.4 is 0 Å². The van der Waals surface area contributed by atoms with Crippen LogP contribution in [0.15, 0.2) is 12.7 Å². The van der Waals surface area contributed by atoms with Crippen LogP contribution in [0.4, 0.5) is 0 Å². The number of allylic oxidation sites excluding steroid dienone is 1. The minimum Gasteiger partial charge on any atom is -0.422 e. The first-order valence-electron chi connectivity index (χ1n) is 3.59. The third-order valence-corrected chi connectivity index (χ3v) is 2.40. The molecule has 0 bridgehead atoms. The Balaban J connectivity index is 2.70. The summed E-state index contributed by atoms with van der Waals surface area (Å²) in [6, 6.07) is 1.20. The fourth-order valence-corrected chi connectivity index (χ4v) is 1.56. The van der Waals surface area contributed by atoms with Crippen molar-refractivity contribution in [3.63, 3.8) is 0 Å². The van der Waals surface area contributed by atoms with Crippen molar-refractivity contribution < 1.29 is 9.16 Å². The van der Waals surface area contributed by atoms with Crippen LogP contribution in [-0.2, 0) is 9.16 Å². The number of hydrogen-bond acceptors (Lipinski definition) is 2. The molecule has 0 unspecified atom stereocenters. The highest BCUT2D eigenvalue weighted by Crippen LogP contribution is 1.88. The van der Waals surface area contributed by atoms with Crippen molar-refractivity contribution >= 4 is 9.76 Å². The maximum atomic E-state index is 5.34. The number of ether oxygens (including phenoxy) is 1. The quantitative estimate of drug-likeness (QED) is 0.310. The minimum absolute atomic E-state index is 0.271. The molecule has 0 aromatic heterocycles. The van der Waals surface area contributed by atoms with Gasteiger partial charge in [-0.2, -0.15) is 0 Å². The summed E-state index contributed by atoms with van der Waals surface area (Å²) in [5.41, 5.74) is 0. The molecule has 0 aliphatic heterocycles. The summed E-state index contributed by atoms with van der Waals surface area (Å²) in [4.78, 5) is 0. The molecule has 0 amide bonds. The lowest BCUT2D eigenvalue weighted by molar-refractivity contribution is 0.149. The fraction of sp³-hybridized carbons (Fsp3) is 0.714. The molecule has 0 atom stereocenters. The van der Waals surface area contributed by atoms with E-state index < -0.39 is 0 Å². The van der Waals surface area contributed by atoms with E-state index in [2.05, 4.69) is 6.58 Å². The second-order valence-corrected chi connectivity index (χ2v) is 3.56. The lowest BCUT2D eigenvalue weighted by atomic mass is 10.5. The summed E-state index contributed by atoms with van der Waals surface area (Å²) in [5, 5.41) is 0. The van der Waals surface area contributed by atoms with Gasteiger partial charge in [-0.1, -0.05) is 6.08 Å². The van der Waals surface area contributed by atoms with Gasteiger partial charge in [-0.05, 0) is 12.5 Å². The van der Waals surface area contributed by atoms with Crippen LogP contribution in [0.2, 0.25) is 6.04 Å². The van der Waals surface area contributed by atoms with Crippen molar-refractivity contribution in [2.45, 2.75) is 12.5 Å². The molecule has 0 rings (SSSR count). The molecule has 0 saturated carbocycles. The molecule has 0 heterocycles. The van der Waals surface area contributed by atoms with Gasteiger partial charge in [-0.3, -0.25) is 0 Å². The van der Waals surface area contributed by atoms with E-state index >= 15 is 0 Å². The second kappa shape index (κ2) is 8.88. The summed E-state index contributed by atoms with van der Waals surface area (Å²) >= 11 is 0. The van der Waals surface area contributed by atoms with E-state index in [1.54, 1.807) is 7.11 Å². The molecular weight excluding hydrogens is 144 g/mol. The van der Waals surface area contributed by atoms with Crippen LogP contribution in [0, 0.1) is 0 Å². The molecule has 0 aromatic carbocycles. The zero-order valence-electron chi connectivity index (χ0n) is 6.64. The third kappa shape index (κ3) is 7.88. The Morgan fingerprint density at radius 2 is 2.30 bits per heavy atom. The Labute approximate surface area is 65.2 Å². The molecule has 2 nitrogen and oxygen atoms in total. The van der Waals surface area contributed by atoms with Crippen LogP contribution >= 0.6 is 0 Å². The first-order chi connectivity index (χ1) is 4.91. The van der Waals surface area contributed by atoms with Crippen LogP contribution in [0.3, 0.4) is 0 Å². The standard InChI is InChI=1S/C7H16O2Si/c1-3-4-7-10-9-6-5-8-2/h3H,1,4-7,10H2,2H3. The molecule has 0 aliphatic rings. The van der Waals surface area contributed by atoms with Crippen LogP contribution in [0.5, 0.6) is 0 Å². The average molecular weight is 160 g/mol. The predicted molar refractivity (Wildman–Crippen MR) is 46.0 cm³/mol. The van der Waals surface area contributed by atoms with Gasteiger partial charge in [-0.25, -0.2) is 0 Å². The maximum Gasteiger partial charge on any atom is 0.161 e. The summed E-state index contributed by atoms with van der Waals surface area (Å²) in [6.45, 7) is 5.12. The van der Waals surface area contributed by atoms with Crippen LogP contribution in [0.1, 0.15) is 6.42 Å². The second-order valence-electron chi connectivity index (χ2n) is 2.04. The average Bonchev–Trinajstić information content (AvgIpc) is 1.97. The first kappa shape index (κ1) is 9.88. The number of methoxy groups -OCH3 is 1. The van der Waals surface area contributed by atoms with E-state index in [4.69, 9.17) is 9.16 Å². The first-order valence-corrected chi connectivity index (χ1v) is 5.17. The highest BCUT2D eigenvalue weighted by molar-refractivity contribution is 6.27. The number of hydrogen-bond donors (Lipinski definition) is 0. The highest BCUT2D eigenvalue weighted by Gasteiger charge is 1.86.